The maximum Gasteiger partial charge on any atom is 0.249 e. The maximum atomic E-state index is 13.2. The summed E-state index contributed by atoms with van der Waals surface area (Å²) in [7, 11) is -3.39. The molecule has 1 aliphatic carbocycles. The zero-order valence-electron chi connectivity index (χ0n) is 16.8. The molecule has 0 bridgehead atoms. The third-order valence-corrected chi connectivity index (χ3v) is 7.46. The van der Waals surface area contributed by atoms with E-state index in [0.717, 1.165) is 12.7 Å². The van der Waals surface area contributed by atoms with Crippen molar-refractivity contribution in [2.45, 2.75) is 49.8 Å². The summed E-state index contributed by atoms with van der Waals surface area (Å²) in [5.41, 5.74) is 6.84. The molecule has 3 aromatic rings. The van der Waals surface area contributed by atoms with Gasteiger partial charge in [-0.2, -0.15) is 5.01 Å². The summed E-state index contributed by atoms with van der Waals surface area (Å²) >= 11 is 1.32. The van der Waals surface area contributed by atoms with Crippen LogP contribution >= 0.6 is 11.3 Å². The van der Waals surface area contributed by atoms with Crippen LogP contribution in [-0.4, -0.2) is 35.5 Å². The molecule has 0 saturated heterocycles. The van der Waals surface area contributed by atoms with E-state index in [9.17, 15) is 13.2 Å². The van der Waals surface area contributed by atoms with Crippen LogP contribution in [0.1, 0.15) is 44.9 Å². The van der Waals surface area contributed by atoms with E-state index in [4.69, 9.17) is 5.73 Å². The molecule has 0 unspecified atom stereocenters. The van der Waals surface area contributed by atoms with Crippen molar-refractivity contribution < 1.29 is 13.2 Å². The van der Waals surface area contributed by atoms with Gasteiger partial charge >= 0.3 is 0 Å². The normalized spacial score (nSPS) is 15.5. The van der Waals surface area contributed by atoms with Crippen molar-refractivity contribution in [2.24, 2.45) is 5.92 Å². The molecule has 1 fully saturated rings. The minimum Gasteiger partial charge on any atom is -0.382 e. The molecule has 1 aliphatic rings. The molecule has 30 heavy (non-hydrogen) atoms. The van der Waals surface area contributed by atoms with Gasteiger partial charge in [0.05, 0.1) is 10.4 Å². The van der Waals surface area contributed by atoms with Crippen LogP contribution in [0.15, 0.2) is 34.7 Å². The molecule has 2 heterocycles. The van der Waals surface area contributed by atoms with Crippen molar-refractivity contribution in [1.29, 1.82) is 0 Å². The number of amides is 1. The van der Waals surface area contributed by atoms with Crippen molar-refractivity contribution in [3.05, 3.63) is 29.8 Å². The number of sulfone groups is 1. The summed E-state index contributed by atoms with van der Waals surface area (Å²) in [6.45, 7) is 0. The molecular formula is C20H25N5O3S2. The van der Waals surface area contributed by atoms with E-state index in [2.05, 4.69) is 10.1 Å². The molecule has 1 aromatic carbocycles. The van der Waals surface area contributed by atoms with Gasteiger partial charge in [-0.3, -0.25) is 4.79 Å². The zero-order chi connectivity index (χ0) is 21.3. The second-order valence-electron chi connectivity index (χ2n) is 7.79. The molecule has 2 aromatic heterocycles. The van der Waals surface area contributed by atoms with Gasteiger partial charge in [0.2, 0.25) is 11.0 Å². The number of nitrogen functional groups attached to an aromatic ring is 1. The molecule has 160 valence electrons. The average Bonchev–Trinajstić information content (AvgIpc) is 3.36. The first-order valence-electron chi connectivity index (χ1n) is 10.1. The van der Waals surface area contributed by atoms with Crippen LogP contribution in [0.5, 0.6) is 0 Å². The quantitative estimate of drug-likeness (QED) is 0.618. The Bertz CT molecular complexity index is 1150. The number of aromatic nitrogens is 3. The molecule has 1 saturated carbocycles. The number of rotatable bonds is 6. The number of nitrogens with two attached hydrogens (primary N) is 1. The fourth-order valence-electron chi connectivity index (χ4n) is 3.98. The standard InChI is InChI=1S/C20H25N5O3S2/c1-30(27,28)15-8-9-17-16(13-15)19(21)25(23-17)24(20-22-11-12-29-20)18(26)10-7-14-5-3-2-4-6-14/h8-9,11-14H,2-7,10,21H2,1H3. The van der Waals surface area contributed by atoms with Crippen molar-refractivity contribution >= 4 is 48.9 Å². The van der Waals surface area contributed by atoms with E-state index in [0.29, 0.717) is 28.4 Å². The maximum absolute atomic E-state index is 13.2. The first-order valence-corrected chi connectivity index (χ1v) is 12.8. The number of nitrogens with zero attached hydrogens (tertiary/aromatic N) is 4. The highest BCUT2D eigenvalue weighted by Gasteiger charge is 2.26. The van der Waals surface area contributed by atoms with Crippen LogP contribution in [-0.2, 0) is 14.6 Å². The summed E-state index contributed by atoms with van der Waals surface area (Å²) in [6, 6.07) is 4.59. The molecule has 1 amide bonds. The fraction of sp³-hybridized carbons (Fsp3) is 0.450. The van der Waals surface area contributed by atoms with Gasteiger partial charge in [-0.1, -0.05) is 32.1 Å². The molecule has 0 spiro atoms. The smallest absolute Gasteiger partial charge is 0.249 e. The first-order chi connectivity index (χ1) is 14.3. The lowest BCUT2D eigenvalue weighted by molar-refractivity contribution is -0.119. The number of carbonyl (C=O) groups excluding carboxylic acids is 1. The van der Waals surface area contributed by atoms with Crippen molar-refractivity contribution in [3.8, 4) is 0 Å². The lowest BCUT2D eigenvalue weighted by Gasteiger charge is -2.24. The third kappa shape index (κ3) is 4.20. The van der Waals surface area contributed by atoms with E-state index in [1.807, 2.05) is 0 Å². The second-order valence-corrected chi connectivity index (χ2v) is 10.7. The van der Waals surface area contributed by atoms with Gasteiger partial charge in [0.1, 0.15) is 0 Å². The Morgan fingerprint density at radius 1 is 1.30 bits per heavy atom. The van der Waals surface area contributed by atoms with Crippen LogP contribution in [0.25, 0.3) is 10.9 Å². The van der Waals surface area contributed by atoms with E-state index in [-0.39, 0.29) is 16.6 Å². The van der Waals surface area contributed by atoms with Crippen molar-refractivity contribution in [2.75, 3.05) is 17.0 Å². The van der Waals surface area contributed by atoms with Gasteiger partial charge in [0, 0.05) is 29.6 Å². The Kier molecular flexibility index (Phi) is 5.79. The Morgan fingerprint density at radius 3 is 2.73 bits per heavy atom. The molecule has 0 radical (unpaired) electrons. The summed E-state index contributed by atoms with van der Waals surface area (Å²) in [5, 5.41) is 8.64. The number of carbonyl (C=O) groups is 1. The molecule has 0 aliphatic heterocycles. The summed E-state index contributed by atoms with van der Waals surface area (Å²) < 4.78 is 23.8. The number of benzene rings is 1. The van der Waals surface area contributed by atoms with Crippen LogP contribution in [0.3, 0.4) is 0 Å². The largest absolute Gasteiger partial charge is 0.382 e. The van der Waals surface area contributed by atoms with Gasteiger partial charge in [0.15, 0.2) is 15.7 Å². The predicted octanol–water partition coefficient (Wildman–Crippen LogP) is 3.64. The molecule has 0 atom stereocenters. The number of hydrogen-bond donors (Lipinski definition) is 1. The van der Waals surface area contributed by atoms with Gasteiger partial charge < -0.3 is 5.73 Å². The van der Waals surface area contributed by atoms with Gasteiger partial charge in [-0.15, -0.1) is 21.2 Å². The molecule has 4 rings (SSSR count). The van der Waals surface area contributed by atoms with Gasteiger partial charge in [-0.25, -0.2) is 13.4 Å². The van der Waals surface area contributed by atoms with E-state index in [1.165, 1.54) is 65.4 Å². The molecule has 10 heteroatoms. The highest BCUT2D eigenvalue weighted by Crippen LogP contribution is 2.30. The summed E-state index contributed by atoms with van der Waals surface area (Å²) in [5.74, 6) is 0.655. The SMILES string of the molecule is CS(=O)(=O)c1ccc2nn(N(C(=O)CCC3CCCCC3)c3nccs3)c(N)c2c1. The second kappa shape index (κ2) is 8.35. The molecule has 8 nitrogen and oxygen atoms in total. The zero-order valence-corrected chi connectivity index (χ0v) is 18.5. The Morgan fingerprint density at radius 2 is 2.07 bits per heavy atom. The Balaban J connectivity index is 1.68. The minimum absolute atomic E-state index is 0.127. The predicted molar refractivity (Wildman–Crippen MR) is 118 cm³/mol. The third-order valence-electron chi connectivity index (χ3n) is 5.61. The molecule has 2 N–H and O–H groups in total. The number of hydrogen-bond acceptors (Lipinski definition) is 7. The highest BCUT2D eigenvalue weighted by molar-refractivity contribution is 7.90. The van der Waals surface area contributed by atoms with Crippen LogP contribution in [0.2, 0.25) is 0 Å². The monoisotopic (exact) mass is 447 g/mol. The Hall–Kier alpha value is -2.46. The van der Waals surface area contributed by atoms with E-state index >= 15 is 0 Å². The fourth-order valence-corrected chi connectivity index (χ4v) is 5.27. The Labute approximate surface area is 179 Å². The number of thiazole rings is 1. The summed E-state index contributed by atoms with van der Waals surface area (Å²) in [6.07, 6.45) is 10.1. The van der Waals surface area contributed by atoms with E-state index < -0.39 is 9.84 Å². The topological polar surface area (TPSA) is 111 Å². The van der Waals surface area contributed by atoms with Crippen LogP contribution in [0.4, 0.5) is 10.9 Å². The summed E-state index contributed by atoms with van der Waals surface area (Å²) in [4.78, 5) is 19.0. The van der Waals surface area contributed by atoms with Crippen LogP contribution < -0.4 is 10.7 Å². The van der Waals surface area contributed by atoms with Crippen LogP contribution in [0, 0.1) is 5.92 Å². The number of anilines is 2. The van der Waals surface area contributed by atoms with E-state index in [1.54, 1.807) is 17.6 Å². The van der Waals surface area contributed by atoms with Crippen molar-refractivity contribution in [1.82, 2.24) is 14.9 Å². The average molecular weight is 448 g/mol. The highest BCUT2D eigenvalue weighted by atomic mass is 32.2. The minimum atomic E-state index is -3.39. The van der Waals surface area contributed by atoms with Gasteiger partial charge in [0.25, 0.3) is 0 Å². The lowest BCUT2D eigenvalue weighted by atomic mass is 9.86. The van der Waals surface area contributed by atoms with Crippen molar-refractivity contribution in [3.63, 3.8) is 0 Å². The molecular weight excluding hydrogens is 422 g/mol. The lowest BCUT2D eigenvalue weighted by Crippen LogP contribution is -2.37. The first kappa shape index (κ1) is 20.8. The number of fused-ring (bicyclic) bond motifs is 1. The van der Waals surface area contributed by atoms with Gasteiger partial charge in [-0.05, 0) is 30.5 Å².